The van der Waals surface area contributed by atoms with E-state index < -0.39 is 0 Å². The lowest BCUT2D eigenvalue weighted by Crippen LogP contribution is -2.25. The quantitative estimate of drug-likeness (QED) is 0.638. The van der Waals surface area contributed by atoms with Gasteiger partial charge in [-0.25, -0.2) is 4.39 Å². The maximum absolute atomic E-state index is 12.7. The lowest BCUT2D eigenvalue weighted by Gasteiger charge is -2.17. The third-order valence-electron chi connectivity index (χ3n) is 2.37. The van der Waals surface area contributed by atoms with Crippen molar-refractivity contribution in [1.82, 2.24) is 5.32 Å². The number of halogens is 1. The summed E-state index contributed by atoms with van der Waals surface area (Å²) in [6, 6.07) is 6.20. The highest BCUT2D eigenvalue weighted by Gasteiger charge is 2.12. The number of benzene rings is 1. The maximum atomic E-state index is 12.7. The van der Waals surface area contributed by atoms with Crippen molar-refractivity contribution in [2.75, 3.05) is 6.54 Å². The summed E-state index contributed by atoms with van der Waals surface area (Å²) >= 11 is 0. The number of dihydropyridines is 1. The topological polar surface area (TPSA) is 64.1 Å². The Morgan fingerprint density at radius 1 is 1.13 bits per heavy atom. The predicted octanol–water partition coefficient (Wildman–Crippen LogP) is 0.899. The zero-order chi connectivity index (χ0) is 10.8. The molecule has 0 bridgehead atoms. The SMILES string of the molecule is NC1=CNCC(c2ccc(F)cc2)=C1N. The molecule has 15 heavy (non-hydrogen) atoms. The molecule has 0 atom stereocenters. The third-order valence-corrected chi connectivity index (χ3v) is 2.37. The number of nitrogens with two attached hydrogens (primary N) is 2. The second kappa shape index (κ2) is 3.65. The van der Waals surface area contributed by atoms with Gasteiger partial charge in [0.2, 0.25) is 0 Å². The van der Waals surface area contributed by atoms with Crippen LogP contribution in [0.5, 0.6) is 0 Å². The van der Waals surface area contributed by atoms with Crippen LogP contribution in [-0.4, -0.2) is 6.54 Å². The lowest BCUT2D eigenvalue weighted by atomic mass is 10.0. The minimum atomic E-state index is -0.259. The summed E-state index contributed by atoms with van der Waals surface area (Å²) in [5.41, 5.74) is 14.4. The van der Waals surface area contributed by atoms with Crippen molar-refractivity contribution in [2.45, 2.75) is 0 Å². The highest BCUT2D eigenvalue weighted by Crippen LogP contribution is 2.20. The molecule has 0 radical (unpaired) electrons. The van der Waals surface area contributed by atoms with Crippen LogP contribution in [0.2, 0.25) is 0 Å². The van der Waals surface area contributed by atoms with E-state index in [1.54, 1.807) is 18.3 Å². The van der Waals surface area contributed by atoms with Gasteiger partial charge in [0.1, 0.15) is 5.82 Å². The van der Waals surface area contributed by atoms with Crippen molar-refractivity contribution in [2.24, 2.45) is 11.5 Å². The first-order valence-corrected chi connectivity index (χ1v) is 4.62. The van der Waals surface area contributed by atoms with E-state index in [0.29, 0.717) is 17.9 Å². The third kappa shape index (κ3) is 1.79. The average Bonchev–Trinajstić information content (AvgIpc) is 2.24. The van der Waals surface area contributed by atoms with Gasteiger partial charge in [-0.1, -0.05) is 12.1 Å². The molecule has 1 aliphatic heterocycles. The summed E-state index contributed by atoms with van der Waals surface area (Å²) in [7, 11) is 0. The van der Waals surface area contributed by atoms with Crippen molar-refractivity contribution in [1.29, 1.82) is 0 Å². The molecule has 1 aromatic carbocycles. The number of rotatable bonds is 1. The van der Waals surface area contributed by atoms with E-state index in [-0.39, 0.29) is 5.82 Å². The first kappa shape index (κ1) is 9.58. The van der Waals surface area contributed by atoms with E-state index in [4.69, 9.17) is 11.5 Å². The molecule has 0 aromatic heterocycles. The van der Waals surface area contributed by atoms with E-state index in [2.05, 4.69) is 5.32 Å². The summed E-state index contributed by atoms with van der Waals surface area (Å²) in [5, 5.41) is 3.01. The van der Waals surface area contributed by atoms with E-state index >= 15 is 0 Å². The van der Waals surface area contributed by atoms with Gasteiger partial charge in [0.05, 0.1) is 11.4 Å². The van der Waals surface area contributed by atoms with E-state index in [1.807, 2.05) is 0 Å². The fourth-order valence-corrected chi connectivity index (χ4v) is 1.52. The van der Waals surface area contributed by atoms with Crippen LogP contribution in [0.15, 0.2) is 41.9 Å². The van der Waals surface area contributed by atoms with Crippen LogP contribution in [0.1, 0.15) is 5.56 Å². The maximum Gasteiger partial charge on any atom is 0.123 e. The molecule has 78 valence electrons. The van der Waals surface area contributed by atoms with Gasteiger partial charge in [0, 0.05) is 18.3 Å². The standard InChI is InChI=1S/C11H12FN3/c12-8-3-1-7(2-4-8)9-5-15-6-10(13)11(9)14/h1-4,6,15H,5,13-14H2. The fraction of sp³-hybridized carbons (Fsp3) is 0.0909. The van der Waals surface area contributed by atoms with Gasteiger partial charge in [-0.2, -0.15) is 0 Å². The Bertz CT molecular complexity index is 432. The molecule has 0 spiro atoms. The van der Waals surface area contributed by atoms with Crippen LogP contribution < -0.4 is 16.8 Å². The zero-order valence-electron chi connectivity index (χ0n) is 8.13. The molecule has 1 aliphatic rings. The first-order valence-electron chi connectivity index (χ1n) is 4.62. The van der Waals surface area contributed by atoms with Crippen LogP contribution in [0, 0.1) is 5.82 Å². The fourth-order valence-electron chi connectivity index (χ4n) is 1.52. The first-order chi connectivity index (χ1) is 7.18. The average molecular weight is 205 g/mol. The highest BCUT2D eigenvalue weighted by molar-refractivity contribution is 5.73. The highest BCUT2D eigenvalue weighted by atomic mass is 19.1. The van der Waals surface area contributed by atoms with Gasteiger partial charge in [0.15, 0.2) is 0 Å². The number of hydrogen-bond acceptors (Lipinski definition) is 3. The van der Waals surface area contributed by atoms with Crippen molar-refractivity contribution in [3.8, 4) is 0 Å². The smallest absolute Gasteiger partial charge is 0.123 e. The second-order valence-electron chi connectivity index (χ2n) is 3.38. The zero-order valence-corrected chi connectivity index (χ0v) is 8.13. The normalized spacial score (nSPS) is 15.9. The van der Waals surface area contributed by atoms with Crippen molar-refractivity contribution >= 4 is 5.57 Å². The van der Waals surface area contributed by atoms with Gasteiger partial charge < -0.3 is 16.8 Å². The van der Waals surface area contributed by atoms with Gasteiger partial charge in [-0.3, -0.25) is 0 Å². The van der Waals surface area contributed by atoms with Crippen LogP contribution in [-0.2, 0) is 0 Å². The summed E-state index contributed by atoms with van der Waals surface area (Å²) < 4.78 is 12.7. The minimum absolute atomic E-state index is 0.259. The van der Waals surface area contributed by atoms with Crippen molar-refractivity contribution < 1.29 is 4.39 Å². The van der Waals surface area contributed by atoms with Crippen LogP contribution in [0.25, 0.3) is 5.57 Å². The molecule has 5 N–H and O–H groups in total. The summed E-state index contributed by atoms with van der Waals surface area (Å²) in [6.45, 7) is 0.609. The van der Waals surface area contributed by atoms with Crippen LogP contribution in [0.3, 0.4) is 0 Å². The summed E-state index contributed by atoms with van der Waals surface area (Å²) in [6.07, 6.45) is 1.67. The molecule has 4 heteroatoms. The lowest BCUT2D eigenvalue weighted by molar-refractivity contribution is 0.627. The van der Waals surface area contributed by atoms with E-state index in [9.17, 15) is 4.39 Å². The van der Waals surface area contributed by atoms with Crippen molar-refractivity contribution in [3.63, 3.8) is 0 Å². The Hall–Kier alpha value is -1.97. The molecule has 0 saturated carbocycles. The molecule has 1 heterocycles. The molecule has 1 aromatic rings. The Kier molecular flexibility index (Phi) is 2.33. The number of hydrogen-bond donors (Lipinski definition) is 3. The minimum Gasteiger partial charge on any atom is -0.397 e. The molecule has 0 saturated heterocycles. The Morgan fingerprint density at radius 3 is 2.47 bits per heavy atom. The van der Waals surface area contributed by atoms with E-state index in [1.165, 1.54) is 12.1 Å². The second-order valence-corrected chi connectivity index (χ2v) is 3.38. The Balaban J connectivity index is 2.42. The molecule has 0 amide bonds. The van der Waals surface area contributed by atoms with Crippen molar-refractivity contribution in [3.05, 3.63) is 53.2 Å². The van der Waals surface area contributed by atoms with Crippen LogP contribution in [0.4, 0.5) is 4.39 Å². The largest absolute Gasteiger partial charge is 0.397 e. The molecule has 3 nitrogen and oxygen atoms in total. The molecular formula is C11H12FN3. The summed E-state index contributed by atoms with van der Waals surface area (Å²) in [4.78, 5) is 0. The monoisotopic (exact) mass is 205 g/mol. The summed E-state index contributed by atoms with van der Waals surface area (Å²) in [5.74, 6) is -0.259. The Morgan fingerprint density at radius 2 is 1.80 bits per heavy atom. The molecule has 2 rings (SSSR count). The molecule has 0 aliphatic carbocycles. The number of nitrogens with one attached hydrogen (secondary N) is 1. The molecule has 0 unspecified atom stereocenters. The van der Waals surface area contributed by atoms with Crippen LogP contribution >= 0.6 is 0 Å². The van der Waals surface area contributed by atoms with Gasteiger partial charge in [0.25, 0.3) is 0 Å². The van der Waals surface area contributed by atoms with Gasteiger partial charge in [-0.05, 0) is 17.7 Å². The Labute approximate surface area is 87.3 Å². The van der Waals surface area contributed by atoms with Gasteiger partial charge >= 0.3 is 0 Å². The van der Waals surface area contributed by atoms with Gasteiger partial charge in [-0.15, -0.1) is 0 Å². The van der Waals surface area contributed by atoms with E-state index in [0.717, 1.165) is 11.1 Å². The predicted molar refractivity (Wildman–Crippen MR) is 57.8 cm³/mol. The molecular weight excluding hydrogens is 193 g/mol. The molecule has 0 fully saturated rings.